The SMILES string of the molecule is C=CC(=O)Nc1cc(C(F)(F)F)cc(S(=O)(=O)c2ccc(N3CC(CN4CCC([C@@](CN5CCC5)(c5cccc(F)c5)[C@H]5CCC[C@@H]5NC(=O)OC)CC4)C3)cc2)c1. The minimum absolute atomic E-state index is 0.0600. The standard InChI is InChI=1S/C43H51F4N5O5S/c1-3-40(53)48-34-22-32(43(45,46)47)23-37(24-34)58(55,56)36-13-11-35(12-14-36)52-26-29(27-52)25-50-19-15-30(16-20-50)42(28-51-17-6-18-51,31-7-4-8-33(44)21-31)38-9-5-10-39(38)49-41(54)57-2/h3-4,7-8,11-14,21-24,29-30,38-39H,1,5-6,9-10,15-20,25-28H2,2H3,(H,48,53)(H,49,54)/t38-,39-,42-/m0/s1. The molecule has 1 aliphatic carbocycles. The van der Waals surface area contributed by atoms with E-state index in [2.05, 4.69) is 38.0 Å². The van der Waals surface area contributed by atoms with Gasteiger partial charge in [-0.25, -0.2) is 17.6 Å². The molecular formula is C43H51F4N5O5S. The zero-order valence-electron chi connectivity index (χ0n) is 32.6. The Bertz CT molecular complexity index is 2080. The van der Waals surface area contributed by atoms with Gasteiger partial charge in [-0.05, 0) is 136 Å². The van der Waals surface area contributed by atoms with Gasteiger partial charge in [0, 0.05) is 54.9 Å². The highest BCUT2D eigenvalue weighted by Gasteiger charge is 2.53. The van der Waals surface area contributed by atoms with E-state index in [1.54, 1.807) is 18.2 Å². The summed E-state index contributed by atoms with van der Waals surface area (Å²) in [5.41, 5.74) is -0.0119. The summed E-state index contributed by atoms with van der Waals surface area (Å²) in [5.74, 6) is -0.192. The molecule has 0 bridgehead atoms. The molecule has 3 aliphatic heterocycles. The molecule has 3 aromatic rings. The molecule has 3 saturated heterocycles. The lowest BCUT2D eigenvalue weighted by molar-refractivity contribution is -0.137. The van der Waals surface area contributed by atoms with Gasteiger partial charge in [0.25, 0.3) is 0 Å². The first-order valence-corrected chi connectivity index (χ1v) is 21.5. The highest BCUT2D eigenvalue weighted by Crippen LogP contribution is 2.51. The van der Waals surface area contributed by atoms with E-state index < -0.39 is 38.5 Å². The molecule has 1 saturated carbocycles. The zero-order chi connectivity index (χ0) is 41.2. The molecule has 10 nitrogen and oxygen atoms in total. The molecule has 3 atom stereocenters. The van der Waals surface area contributed by atoms with Crippen molar-refractivity contribution in [1.82, 2.24) is 15.1 Å². The second kappa shape index (κ2) is 17.0. The Labute approximate surface area is 337 Å². The van der Waals surface area contributed by atoms with Crippen LogP contribution in [0, 0.1) is 23.6 Å². The number of anilines is 2. The molecule has 0 radical (unpaired) electrons. The topological polar surface area (TPSA) is 111 Å². The maximum absolute atomic E-state index is 15.0. The van der Waals surface area contributed by atoms with Gasteiger partial charge < -0.3 is 30.1 Å². The van der Waals surface area contributed by atoms with Gasteiger partial charge in [-0.2, -0.15) is 13.2 Å². The Morgan fingerprint density at radius 1 is 0.879 bits per heavy atom. The van der Waals surface area contributed by atoms with E-state index in [0.29, 0.717) is 18.1 Å². The number of halogens is 4. The van der Waals surface area contributed by atoms with Crippen molar-refractivity contribution in [1.29, 1.82) is 0 Å². The van der Waals surface area contributed by atoms with Crippen LogP contribution in [0.3, 0.4) is 0 Å². The molecule has 58 heavy (non-hydrogen) atoms. The van der Waals surface area contributed by atoms with Gasteiger partial charge in [-0.1, -0.05) is 25.1 Å². The predicted molar refractivity (Wildman–Crippen MR) is 213 cm³/mol. The number of hydrogen-bond donors (Lipinski definition) is 2. The van der Waals surface area contributed by atoms with Gasteiger partial charge in [0.1, 0.15) is 5.82 Å². The maximum atomic E-state index is 15.0. The summed E-state index contributed by atoms with van der Waals surface area (Å²) in [6.45, 7) is 10.4. The van der Waals surface area contributed by atoms with Gasteiger partial charge in [-0.15, -0.1) is 0 Å². The highest BCUT2D eigenvalue weighted by molar-refractivity contribution is 7.91. The Morgan fingerprint density at radius 3 is 2.22 bits per heavy atom. The van der Waals surface area contributed by atoms with Crippen LogP contribution in [-0.4, -0.2) is 95.7 Å². The van der Waals surface area contributed by atoms with Crippen LogP contribution in [0.15, 0.2) is 89.2 Å². The summed E-state index contributed by atoms with van der Waals surface area (Å²) in [6.07, 6.45) is 1.46. The fraction of sp³-hybridized carbons (Fsp3) is 0.488. The smallest absolute Gasteiger partial charge is 0.416 e. The van der Waals surface area contributed by atoms with Crippen LogP contribution in [0.5, 0.6) is 0 Å². The lowest BCUT2D eigenvalue weighted by Crippen LogP contribution is -2.60. The number of amides is 2. The predicted octanol–water partition coefficient (Wildman–Crippen LogP) is 7.12. The number of methoxy groups -OCH3 is 1. The lowest BCUT2D eigenvalue weighted by Gasteiger charge is -2.54. The highest BCUT2D eigenvalue weighted by atomic mass is 32.2. The molecule has 4 aliphatic rings. The molecular weight excluding hydrogens is 775 g/mol. The second-order valence-electron chi connectivity index (χ2n) is 16.2. The van der Waals surface area contributed by atoms with E-state index in [9.17, 15) is 31.2 Å². The van der Waals surface area contributed by atoms with Gasteiger partial charge >= 0.3 is 12.3 Å². The van der Waals surface area contributed by atoms with Gasteiger partial charge in [0.15, 0.2) is 0 Å². The number of likely N-dealkylation sites (tertiary alicyclic amines) is 2. The molecule has 2 amide bonds. The van der Waals surface area contributed by atoms with E-state index in [4.69, 9.17) is 4.74 Å². The maximum Gasteiger partial charge on any atom is 0.416 e. The van der Waals surface area contributed by atoms with E-state index in [-0.39, 0.29) is 39.7 Å². The fourth-order valence-corrected chi connectivity index (χ4v) is 11.1. The zero-order valence-corrected chi connectivity index (χ0v) is 33.5. The Morgan fingerprint density at radius 2 is 1.60 bits per heavy atom. The first kappa shape index (κ1) is 41.7. The van der Waals surface area contributed by atoms with Crippen LogP contribution < -0.4 is 15.5 Å². The molecule has 3 heterocycles. The molecule has 2 N–H and O–H groups in total. The molecule has 0 unspecified atom stereocenters. The van der Waals surface area contributed by atoms with Crippen molar-refractivity contribution < 1.29 is 40.3 Å². The van der Waals surface area contributed by atoms with E-state index in [1.807, 2.05) is 6.07 Å². The van der Waals surface area contributed by atoms with Crippen molar-refractivity contribution in [2.75, 3.05) is 69.7 Å². The molecule has 312 valence electrons. The van der Waals surface area contributed by atoms with Crippen LogP contribution in [-0.2, 0) is 31.0 Å². The summed E-state index contributed by atoms with van der Waals surface area (Å²) >= 11 is 0. The summed E-state index contributed by atoms with van der Waals surface area (Å²) in [4.78, 5) is 30.7. The number of piperidine rings is 1. The van der Waals surface area contributed by atoms with Crippen molar-refractivity contribution in [3.63, 3.8) is 0 Å². The number of alkyl halides is 3. The first-order chi connectivity index (χ1) is 27.7. The number of sulfone groups is 1. The number of alkyl carbamates (subject to hydrolysis) is 1. The fourth-order valence-electron chi connectivity index (χ4n) is 9.79. The van der Waals surface area contributed by atoms with Crippen molar-refractivity contribution >= 4 is 33.2 Å². The quantitative estimate of drug-likeness (QED) is 0.139. The molecule has 0 aromatic heterocycles. The van der Waals surface area contributed by atoms with Crippen LogP contribution in [0.1, 0.15) is 49.7 Å². The summed E-state index contributed by atoms with van der Waals surface area (Å²) in [6, 6.07) is 15.4. The van der Waals surface area contributed by atoms with Crippen LogP contribution >= 0.6 is 0 Å². The monoisotopic (exact) mass is 825 g/mol. The minimum Gasteiger partial charge on any atom is -0.453 e. The van der Waals surface area contributed by atoms with Gasteiger partial charge in [0.05, 0.1) is 22.5 Å². The average Bonchev–Trinajstić information content (AvgIpc) is 3.64. The van der Waals surface area contributed by atoms with E-state index >= 15 is 4.39 Å². The summed E-state index contributed by atoms with van der Waals surface area (Å²) in [5, 5.41) is 5.37. The van der Waals surface area contributed by atoms with Gasteiger partial charge in [0.2, 0.25) is 15.7 Å². The van der Waals surface area contributed by atoms with Crippen LogP contribution in [0.2, 0.25) is 0 Å². The average molecular weight is 826 g/mol. The largest absolute Gasteiger partial charge is 0.453 e. The lowest BCUT2D eigenvalue weighted by atomic mass is 9.57. The third-order valence-electron chi connectivity index (χ3n) is 12.8. The number of nitrogens with one attached hydrogen (secondary N) is 2. The number of ether oxygens (including phenoxy) is 1. The number of nitrogens with zero attached hydrogens (tertiary/aromatic N) is 3. The van der Waals surface area contributed by atoms with Crippen molar-refractivity contribution in [2.45, 2.75) is 65.9 Å². The third kappa shape index (κ3) is 8.76. The molecule has 15 heteroatoms. The van der Waals surface area contributed by atoms with Crippen molar-refractivity contribution in [3.05, 3.63) is 96.3 Å². The Balaban J connectivity index is 1.00. The first-order valence-electron chi connectivity index (χ1n) is 20.0. The molecule has 7 rings (SSSR count). The number of rotatable bonds is 13. The van der Waals surface area contributed by atoms with E-state index in [0.717, 1.165) is 114 Å². The molecule has 0 spiro atoms. The second-order valence-corrected chi connectivity index (χ2v) is 18.2. The number of benzene rings is 3. The third-order valence-corrected chi connectivity index (χ3v) is 14.5. The van der Waals surface area contributed by atoms with Gasteiger partial charge in [-0.3, -0.25) is 4.79 Å². The number of hydrogen-bond acceptors (Lipinski definition) is 8. The van der Waals surface area contributed by atoms with Crippen LogP contribution in [0.25, 0.3) is 0 Å². The molecule has 3 aromatic carbocycles. The minimum atomic E-state index is -4.84. The Kier molecular flexibility index (Phi) is 12.2. The van der Waals surface area contributed by atoms with Crippen molar-refractivity contribution in [3.8, 4) is 0 Å². The number of carbonyl (C=O) groups is 2. The van der Waals surface area contributed by atoms with E-state index in [1.165, 1.54) is 25.3 Å². The van der Waals surface area contributed by atoms with Crippen LogP contribution in [0.4, 0.5) is 33.7 Å². The normalized spacial score (nSPS) is 22.1. The number of carbonyl (C=O) groups excluding carboxylic acids is 2. The van der Waals surface area contributed by atoms with Crippen molar-refractivity contribution in [2.24, 2.45) is 17.8 Å². The summed E-state index contributed by atoms with van der Waals surface area (Å²) < 4.78 is 88.0. The Hall–Kier alpha value is -4.47. The molecule has 4 fully saturated rings. The summed E-state index contributed by atoms with van der Waals surface area (Å²) in [7, 11) is -2.96.